The molecule has 1 saturated carbocycles. The molecule has 2 fully saturated rings. The van der Waals surface area contributed by atoms with Crippen molar-refractivity contribution in [3.8, 4) is 0 Å². The maximum absolute atomic E-state index is 6.14. The molecule has 2 rings (SSSR count). The first-order chi connectivity index (χ1) is 8.70. The van der Waals surface area contributed by atoms with E-state index in [9.17, 15) is 0 Å². The van der Waals surface area contributed by atoms with Gasteiger partial charge in [-0.3, -0.25) is 4.90 Å². The van der Waals surface area contributed by atoms with E-state index in [-0.39, 0.29) is 5.54 Å². The van der Waals surface area contributed by atoms with Gasteiger partial charge in [-0.2, -0.15) is 0 Å². The zero-order valence-electron chi connectivity index (χ0n) is 12.3. The molecule has 0 spiro atoms. The van der Waals surface area contributed by atoms with Gasteiger partial charge in [-0.25, -0.2) is 0 Å². The van der Waals surface area contributed by atoms with Gasteiger partial charge in [-0.15, -0.1) is 0 Å². The number of hydrogen-bond donors (Lipinski definition) is 1. The van der Waals surface area contributed by atoms with E-state index < -0.39 is 0 Å². The second-order valence-electron chi connectivity index (χ2n) is 6.39. The number of nitrogens with zero attached hydrogens (tertiary/aromatic N) is 2. The summed E-state index contributed by atoms with van der Waals surface area (Å²) in [4.78, 5) is 5.16. The maximum atomic E-state index is 6.14. The number of likely N-dealkylation sites (N-methyl/N-ethyl adjacent to an activating group) is 1. The van der Waals surface area contributed by atoms with Crippen molar-refractivity contribution in [2.24, 2.45) is 11.7 Å². The Morgan fingerprint density at radius 1 is 1.22 bits per heavy atom. The van der Waals surface area contributed by atoms with Gasteiger partial charge >= 0.3 is 0 Å². The molecule has 0 bridgehead atoms. The SMILES string of the molecule is CCN1CCC(CN)(N(C)CC2CCCC2)CC1. The molecule has 1 heterocycles. The molecule has 0 aromatic heterocycles. The third kappa shape index (κ3) is 3.06. The summed E-state index contributed by atoms with van der Waals surface area (Å²) in [6, 6.07) is 0. The number of hydrogen-bond acceptors (Lipinski definition) is 3. The van der Waals surface area contributed by atoms with Crippen molar-refractivity contribution in [3.05, 3.63) is 0 Å². The van der Waals surface area contributed by atoms with Gasteiger partial charge in [-0.05, 0) is 58.3 Å². The molecule has 1 aliphatic heterocycles. The van der Waals surface area contributed by atoms with Gasteiger partial charge in [-0.1, -0.05) is 19.8 Å². The highest BCUT2D eigenvalue weighted by Gasteiger charge is 2.37. The molecule has 0 aromatic carbocycles. The molecule has 0 unspecified atom stereocenters. The lowest BCUT2D eigenvalue weighted by Crippen LogP contribution is -2.58. The van der Waals surface area contributed by atoms with Crippen LogP contribution in [0.15, 0.2) is 0 Å². The summed E-state index contributed by atoms with van der Waals surface area (Å²) in [5, 5.41) is 0. The third-order valence-electron chi connectivity index (χ3n) is 5.43. The Hall–Kier alpha value is -0.120. The Morgan fingerprint density at radius 3 is 2.33 bits per heavy atom. The van der Waals surface area contributed by atoms with Gasteiger partial charge in [0.2, 0.25) is 0 Å². The fourth-order valence-electron chi connectivity index (χ4n) is 3.80. The van der Waals surface area contributed by atoms with Gasteiger partial charge in [0, 0.05) is 18.6 Å². The first-order valence-corrected chi connectivity index (χ1v) is 7.84. The third-order valence-corrected chi connectivity index (χ3v) is 5.43. The Labute approximate surface area is 113 Å². The molecule has 0 atom stereocenters. The van der Waals surface area contributed by atoms with E-state index in [2.05, 4.69) is 23.8 Å². The van der Waals surface area contributed by atoms with Gasteiger partial charge < -0.3 is 10.6 Å². The maximum Gasteiger partial charge on any atom is 0.0353 e. The zero-order chi connectivity index (χ0) is 13.0. The van der Waals surface area contributed by atoms with Crippen LogP contribution in [0, 0.1) is 5.92 Å². The van der Waals surface area contributed by atoms with Crippen LogP contribution in [0.3, 0.4) is 0 Å². The van der Waals surface area contributed by atoms with Crippen LogP contribution in [-0.4, -0.2) is 55.1 Å². The van der Waals surface area contributed by atoms with E-state index in [0.717, 1.165) is 12.5 Å². The normalized spacial score (nSPS) is 26.0. The van der Waals surface area contributed by atoms with Crippen molar-refractivity contribution in [3.63, 3.8) is 0 Å². The Bertz CT molecular complexity index is 240. The number of nitrogens with two attached hydrogens (primary N) is 1. The monoisotopic (exact) mass is 253 g/mol. The van der Waals surface area contributed by atoms with E-state index in [1.807, 2.05) is 0 Å². The van der Waals surface area contributed by atoms with Crippen LogP contribution in [-0.2, 0) is 0 Å². The van der Waals surface area contributed by atoms with Crippen molar-refractivity contribution in [2.45, 2.75) is 51.0 Å². The van der Waals surface area contributed by atoms with Crippen molar-refractivity contribution < 1.29 is 0 Å². The van der Waals surface area contributed by atoms with Crippen LogP contribution in [0.25, 0.3) is 0 Å². The lowest BCUT2D eigenvalue weighted by Gasteiger charge is -2.47. The predicted octanol–water partition coefficient (Wildman–Crippen LogP) is 1.92. The van der Waals surface area contributed by atoms with E-state index >= 15 is 0 Å². The molecule has 0 radical (unpaired) electrons. The first-order valence-electron chi connectivity index (χ1n) is 7.84. The predicted molar refractivity (Wildman–Crippen MR) is 77.7 cm³/mol. The molecule has 106 valence electrons. The number of piperidine rings is 1. The summed E-state index contributed by atoms with van der Waals surface area (Å²) in [5.41, 5.74) is 6.43. The second kappa shape index (κ2) is 6.36. The Morgan fingerprint density at radius 2 is 1.83 bits per heavy atom. The summed E-state index contributed by atoms with van der Waals surface area (Å²) in [7, 11) is 2.31. The highest BCUT2D eigenvalue weighted by Crippen LogP contribution is 2.31. The highest BCUT2D eigenvalue weighted by atomic mass is 15.2. The van der Waals surface area contributed by atoms with E-state index in [1.54, 1.807) is 0 Å². The minimum absolute atomic E-state index is 0.286. The van der Waals surface area contributed by atoms with Crippen LogP contribution in [0.1, 0.15) is 45.4 Å². The summed E-state index contributed by atoms with van der Waals surface area (Å²) in [6.07, 6.45) is 8.26. The summed E-state index contributed by atoms with van der Waals surface area (Å²) in [5.74, 6) is 0.933. The molecule has 2 aliphatic rings. The highest BCUT2D eigenvalue weighted by molar-refractivity contribution is 4.95. The minimum Gasteiger partial charge on any atom is -0.329 e. The van der Waals surface area contributed by atoms with Crippen molar-refractivity contribution in [2.75, 3.05) is 39.8 Å². The lowest BCUT2D eigenvalue weighted by molar-refractivity contribution is 0.0373. The quantitative estimate of drug-likeness (QED) is 0.812. The molecule has 0 amide bonds. The molecule has 0 aromatic rings. The first kappa shape index (κ1) is 14.3. The van der Waals surface area contributed by atoms with Crippen LogP contribution in [0.4, 0.5) is 0 Å². The average Bonchev–Trinajstić information content (AvgIpc) is 2.91. The average molecular weight is 253 g/mol. The number of rotatable bonds is 5. The van der Waals surface area contributed by atoms with Crippen molar-refractivity contribution in [1.82, 2.24) is 9.80 Å². The molecular formula is C15H31N3. The Balaban J connectivity index is 1.90. The summed E-state index contributed by atoms with van der Waals surface area (Å²) < 4.78 is 0. The van der Waals surface area contributed by atoms with E-state index in [0.29, 0.717) is 0 Å². The smallest absolute Gasteiger partial charge is 0.0353 e. The van der Waals surface area contributed by atoms with Crippen LogP contribution in [0.2, 0.25) is 0 Å². The Kier molecular flexibility index (Phi) is 5.05. The fourth-order valence-corrected chi connectivity index (χ4v) is 3.80. The molecule has 1 saturated heterocycles. The minimum atomic E-state index is 0.286. The summed E-state index contributed by atoms with van der Waals surface area (Å²) >= 11 is 0. The van der Waals surface area contributed by atoms with Crippen LogP contribution in [0.5, 0.6) is 0 Å². The molecule has 1 aliphatic carbocycles. The lowest BCUT2D eigenvalue weighted by atomic mass is 9.85. The zero-order valence-corrected chi connectivity index (χ0v) is 12.3. The number of likely N-dealkylation sites (tertiary alicyclic amines) is 1. The second-order valence-corrected chi connectivity index (χ2v) is 6.39. The van der Waals surface area contributed by atoms with Crippen LogP contribution < -0.4 is 5.73 Å². The van der Waals surface area contributed by atoms with Crippen LogP contribution >= 0.6 is 0 Å². The molecule has 2 N–H and O–H groups in total. The van der Waals surface area contributed by atoms with E-state index in [4.69, 9.17) is 5.73 Å². The van der Waals surface area contributed by atoms with Gasteiger partial charge in [0.15, 0.2) is 0 Å². The standard InChI is InChI=1S/C15H31N3/c1-3-18-10-8-15(13-16,9-11-18)17(2)12-14-6-4-5-7-14/h14H,3-13,16H2,1-2H3. The van der Waals surface area contributed by atoms with Gasteiger partial charge in [0.1, 0.15) is 0 Å². The fraction of sp³-hybridized carbons (Fsp3) is 1.00. The topological polar surface area (TPSA) is 32.5 Å². The van der Waals surface area contributed by atoms with Crippen molar-refractivity contribution in [1.29, 1.82) is 0 Å². The van der Waals surface area contributed by atoms with Gasteiger partial charge in [0.05, 0.1) is 0 Å². The summed E-state index contributed by atoms with van der Waals surface area (Å²) in [6.45, 7) is 7.99. The molecular weight excluding hydrogens is 222 g/mol. The molecule has 18 heavy (non-hydrogen) atoms. The van der Waals surface area contributed by atoms with Gasteiger partial charge in [0.25, 0.3) is 0 Å². The largest absolute Gasteiger partial charge is 0.329 e. The van der Waals surface area contributed by atoms with E-state index in [1.165, 1.54) is 64.7 Å². The molecule has 3 nitrogen and oxygen atoms in total. The van der Waals surface area contributed by atoms with Crippen molar-refractivity contribution >= 4 is 0 Å². The molecule has 3 heteroatoms.